The van der Waals surface area contributed by atoms with Crippen molar-refractivity contribution in [2.75, 3.05) is 27.2 Å². The quantitative estimate of drug-likeness (QED) is 0.825. The Labute approximate surface area is 166 Å². The van der Waals surface area contributed by atoms with Crippen LogP contribution in [0.15, 0.2) is 48.7 Å². The molecular formula is C23H27N3O2. The molecule has 0 N–H and O–H groups in total. The maximum Gasteiger partial charge on any atom is 0.272 e. The zero-order valence-corrected chi connectivity index (χ0v) is 16.6. The van der Waals surface area contributed by atoms with Crippen LogP contribution in [0, 0.1) is 0 Å². The smallest absolute Gasteiger partial charge is 0.272 e. The molecule has 1 saturated heterocycles. The van der Waals surface area contributed by atoms with Crippen molar-refractivity contribution in [2.24, 2.45) is 0 Å². The predicted octanol–water partition coefficient (Wildman–Crippen LogP) is 3.22. The Kier molecular flexibility index (Phi) is 4.92. The van der Waals surface area contributed by atoms with E-state index in [9.17, 15) is 9.59 Å². The van der Waals surface area contributed by atoms with E-state index in [4.69, 9.17) is 0 Å². The van der Waals surface area contributed by atoms with Crippen LogP contribution in [-0.2, 0) is 10.2 Å². The number of pyridine rings is 1. The first-order chi connectivity index (χ1) is 13.5. The van der Waals surface area contributed by atoms with Gasteiger partial charge in [0.2, 0.25) is 5.91 Å². The second-order valence-corrected chi connectivity index (χ2v) is 8.27. The molecule has 0 saturated carbocycles. The van der Waals surface area contributed by atoms with Crippen molar-refractivity contribution in [3.8, 4) is 0 Å². The maximum atomic E-state index is 12.7. The average Bonchev–Trinajstić information content (AvgIpc) is 3.02. The summed E-state index contributed by atoms with van der Waals surface area (Å²) in [6.07, 6.45) is 5.10. The summed E-state index contributed by atoms with van der Waals surface area (Å²) in [4.78, 5) is 32.9. The van der Waals surface area contributed by atoms with Gasteiger partial charge < -0.3 is 9.80 Å². The normalized spacial score (nSPS) is 20.1. The van der Waals surface area contributed by atoms with Gasteiger partial charge in [0, 0.05) is 39.8 Å². The number of nitrogens with zero attached hydrogens (tertiary/aromatic N) is 3. The summed E-state index contributed by atoms with van der Waals surface area (Å²) in [6, 6.07) is 14.0. The lowest BCUT2D eigenvalue weighted by Crippen LogP contribution is -2.44. The highest BCUT2D eigenvalue weighted by Crippen LogP contribution is 2.52. The van der Waals surface area contributed by atoms with Gasteiger partial charge in [-0.2, -0.15) is 0 Å². The van der Waals surface area contributed by atoms with Crippen LogP contribution in [-0.4, -0.2) is 53.8 Å². The molecule has 28 heavy (non-hydrogen) atoms. The van der Waals surface area contributed by atoms with Crippen LogP contribution in [0.5, 0.6) is 0 Å². The molecule has 5 heteroatoms. The number of benzene rings is 1. The van der Waals surface area contributed by atoms with Crippen molar-refractivity contribution >= 4 is 11.8 Å². The number of rotatable bonds is 3. The van der Waals surface area contributed by atoms with Crippen molar-refractivity contribution in [2.45, 2.75) is 37.0 Å². The highest BCUT2D eigenvalue weighted by atomic mass is 16.2. The van der Waals surface area contributed by atoms with E-state index in [1.807, 2.05) is 31.1 Å². The fourth-order valence-electron chi connectivity index (χ4n) is 4.87. The van der Waals surface area contributed by atoms with E-state index < -0.39 is 0 Å². The summed E-state index contributed by atoms with van der Waals surface area (Å²) >= 11 is 0. The molecule has 2 aliphatic rings. The highest BCUT2D eigenvalue weighted by molar-refractivity contribution is 5.92. The van der Waals surface area contributed by atoms with Crippen LogP contribution in [0.25, 0.3) is 0 Å². The number of hydrogen-bond acceptors (Lipinski definition) is 3. The van der Waals surface area contributed by atoms with Crippen molar-refractivity contribution in [3.05, 3.63) is 65.5 Å². The third-order valence-corrected chi connectivity index (χ3v) is 6.42. The van der Waals surface area contributed by atoms with Crippen LogP contribution in [0.4, 0.5) is 0 Å². The summed E-state index contributed by atoms with van der Waals surface area (Å²) in [7, 11) is 3.64. The average molecular weight is 377 g/mol. The van der Waals surface area contributed by atoms with Crippen molar-refractivity contribution < 1.29 is 9.59 Å². The Hall–Kier alpha value is -2.69. The van der Waals surface area contributed by atoms with Gasteiger partial charge in [0.15, 0.2) is 0 Å². The minimum atomic E-state index is 0.0149. The van der Waals surface area contributed by atoms with Crippen LogP contribution in [0.3, 0.4) is 0 Å². The van der Waals surface area contributed by atoms with Crippen molar-refractivity contribution in [1.82, 2.24) is 14.8 Å². The number of carbonyl (C=O) groups is 2. The van der Waals surface area contributed by atoms with Crippen LogP contribution in [0.1, 0.15) is 53.2 Å². The van der Waals surface area contributed by atoms with Gasteiger partial charge >= 0.3 is 0 Å². The van der Waals surface area contributed by atoms with Gasteiger partial charge in [-0.1, -0.05) is 30.3 Å². The lowest BCUT2D eigenvalue weighted by atomic mass is 9.73. The maximum absolute atomic E-state index is 12.7. The van der Waals surface area contributed by atoms with E-state index in [0.717, 1.165) is 32.4 Å². The van der Waals surface area contributed by atoms with Gasteiger partial charge in [0.05, 0.1) is 0 Å². The summed E-state index contributed by atoms with van der Waals surface area (Å²) in [5.74, 6) is 0.463. The molecule has 1 fully saturated rings. The third-order valence-electron chi connectivity index (χ3n) is 6.42. The molecule has 1 aromatic carbocycles. The zero-order chi connectivity index (χ0) is 19.7. The van der Waals surface area contributed by atoms with E-state index in [0.29, 0.717) is 12.1 Å². The SMILES string of the molecule is CN(C)C(=O)C[C@H]1CC2(CCN(C(=O)c3ccccn3)CC2)c2ccccc21. The van der Waals surface area contributed by atoms with E-state index in [-0.39, 0.29) is 23.1 Å². The summed E-state index contributed by atoms with van der Waals surface area (Å²) in [5.41, 5.74) is 3.30. The number of carbonyl (C=O) groups excluding carboxylic acids is 2. The van der Waals surface area contributed by atoms with Gasteiger partial charge in [0.25, 0.3) is 5.91 Å². The number of amides is 2. The number of hydrogen-bond donors (Lipinski definition) is 0. The van der Waals surface area contributed by atoms with Crippen molar-refractivity contribution in [3.63, 3.8) is 0 Å². The third kappa shape index (κ3) is 3.30. The van der Waals surface area contributed by atoms with E-state index in [1.165, 1.54) is 11.1 Å². The molecule has 1 aliphatic heterocycles. The largest absolute Gasteiger partial charge is 0.349 e. The minimum Gasteiger partial charge on any atom is -0.349 e. The molecule has 2 aromatic rings. The van der Waals surface area contributed by atoms with Crippen LogP contribution >= 0.6 is 0 Å². The molecule has 2 heterocycles. The molecule has 1 aromatic heterocycles. The Morgan fingerprint density at radius 2 is 1.82 bits per heavy atom. The summed E-state index contributed by atoms with van der Waals surface area (Å²) in [6.45, 7) is 1.47. The summed E-state index contributed by atoms with van der Waals surface area (Å²) in [5, 5.41) is 0. The second-order valence-electron chi connectivity index (χ2n) is 8.27. The van der Waals surface area contributed by atoms with Gasteiger partial charge in [-0.05, 0) is 53.9 Å². The van der Waals surface area contributed by atoms with Crippen LogP contribution in [0.2, 0.25) is 0 Å². The Morgan fingerprint density at radius 1 is 1.11 bits per heavy atom. The molecule has 1 spiro atoms. The molecule has 4 rings (SSSR count). The van der Waals surface area contributed by atoms with Gasteiger partial charge in [-0.15, -0.1) is 0 Å². The van der Waals surface area contributed by atoms with Gasteiger partial charge in [-0.3, -0.25) is 14.6 Å². The molecule has 2 amide bonds. The second kappa shape index (κ2) is 7.38. The first-order valence-corrected chi connectivity index (χ1v) is 10.00. The Morgan fingerprint density at radius 3 is 2.50 bits per heavy atom. The number of aromatic nitrogens is 1. The highest BCUT2D eigenvalue weighted by Gasteiger charge is 2.46. The molecule has 1 aliphatic carbocycles. The van der Waals surface area contributed by atoms with E-state index in [1.54, 1.807) is 17.2 Å². The van der Waals surface area contributed by atoms with Crippen LogP contribution < -0.4 is 0 Å². The summed E-state index contributed by atoms with van der Waals surface area (Å²) < 4.78 is 0. The number of likely N-dealkylation sites (tertiary alicyclic amines) is 1. The molecule has 0 bridgehead atoms. The van der Waals surface area contributed by atoms with Crippen molar-refractivity contribution in [1.29, 1.82) is 0 Å². The van der Waals surface area contributed by atoms with E-state index >= 15 is 0 Å². The number of fused-ring (bicyclic) bond motifs is 2. The Balaban J connectivity index is 1.52. The topological polar surface area (TPSA) is 53.5 Å². The van der Waals surface area contributed by atoms with E-state index in [2.05, 4.69) is 29.2 Å². The van der Waals surface area contributed by atoms with Gasteiger partial charge in [0.1, 0.15) is 5.69 Å². The molecule has 146 valence electrons. The van der Waals surface area contributed by atoms with Gasteiger partial charge in [-0.25, -0.2) is 0 Å². The first kappa shape index (κ1) is 18.7. The monoisotopic (exact) mass is 377 g/mol. The predicted molar refractivity (Wildman–Crippen MR) is 108 cm³/mol. The fraction of sp³-hybridized carbons (Fsp3) is 0.435. The fourth-order valence-corrected chi connectivity index (χ4v) is 4.87. The molecular weight excluding hydrogens is 350 g/mol. The molecule has 0 radical (unpaired) electrons. The lowest BCUT2D eigenvalue weighted by molar-refractivity contribution is -0.129. The molecule has 0 unspecified atom stereocenters. The Bertz CT molecular complexity index is 870. The zero-order valence-electron chi connectivity index (χ0n) is 16.6. The lowest BCUT2D eigenvalue weighted by Gasteiger charge is -2.40. The first-order valence-electron chi connectivity index (χ1n) is 10.00. The molecule has 1 atom stereocenters. The number of piperidine rings is 1. The minimum absolute atomic E-state index is 0.0149. The molecule has 5 nitrogen and oxygen atoms in total. The standard InChI is InChI=1S/C23H27N3O2/c1-25(2)21(27)15-17-16-23(19-8-4-3-7-18(17)19)10-13-26(14-11-23)22(28)20-9-5-6-12-24-20/h3-9,12,17H,10-11,13-16H2,1-2H3/t17-/m0/s1.